The molecule has 0 unspecified atom stereocenters. The molecule has 0 radical (unpaired) electrons. The molecule has 174 valence electrons. The number of ether oxygens (including phenoxy) is 1. The minimum Gasteiger partial charge on any atom is -0.378 e. The molecule has 0 saturated carbocycles. The summed E-state index contributed by atoms with van der Waals surface area (Å²) >= 11 is 0. The van der Waals surface area contributed by atoms with E-state index in [1.807, 2.05) is 18.2 Å². The molecule has 0 atom stereocenters. The Balaban J connectivity index is 1.31. The summed E-state index contributed by atoms with van der Waals surface area (Å²) in [7, 11) is 0. The maximum atomic E-state index is 9.57. The zero-order valence-electron chi connectivity index (χ0n) is 19.4. The number of nitrogens with zero attached hydrogens (tertiary/aromatic N) is 5. The quantitative estimate of drug-likeness (QED) is 0.584. The fourth-order valence-electron chi connectivity index (χ4n) is 4.61. The standard InChI is InChI=1S/C27H30N6O/c28-19-22-16-23(18-25(17-22)33-12-14-34-15-13-33)26-8-9-29-27(31-26)30-24-6-4-21(5-7-24)20-32-10-2-1-3-11-32/h4-9,16-18H,1-3,10-15,20H2,(H,29,30,31). The van der Waals surface area contributed by atoms with Crippen molar-refractivity contribution in [2.24, 2.45) is 0 Å². The van der Waals surface area contributed by atoms with Crippen LogP contribution in [0.25, 0.3) is 11.3 Å². The van der Waals surface area contributed by atoms with Crippen molar-refractivity contribution in [3.05, 3.63) is 65.9 Å². The van der Waals surface area contributed by atoms with E-state index in [9.17, 15) is 5.26 Å². The molecule has 7 nitrogen and oxygen atoms in total. The van der Waals surface area contributed by atoms with Crippen molar-refractivity contribution in [2.45, 2.75) is 25.8 Å². The van der Waals surface area contributed by atoms with Crippen molar-refractivity contribution in [2.75, 3.05) is 49.6 Å². The van der Waals surface area contributed by atoms with Crippen molar-refractivity contribution in [3.8, 4) is 17.3 Å². The van der Waals surface area contributed by atoms with Gasteiger partial charge in [-0.2, -0.15) is 5.26 Å². The molecule has 3 aromatic rings. The normalized spacial score (nSPS) is 16.7. The first-order chi connectivity index (χ1) is 16.8. The van der Waals surface area contributed by atoms with E-state index in [0.29, 0.717) is 24.7 Å². The molecule has 2 fully saturated rings. The Bertz CT molecular complexity index is 1140. The van der Waals surface area contributed by atoms with Gasteiger partial charge in [-0.15, -0.1) is 0 Å². The van der Waals surface area contributed by atoms with Crippen molar-refractivity contribution >= 4 is 17.3 Å². The largest absolute Gasteiger partial charge is 0.378 e. The molecule has 2 aliphatic rings. The highest BCUT2D eigenvalue weighted by atomic mass is 16.5. The van der Waals surface area contributed by atoms with Gasteiger partial charge in [-0.3, -0.25) is 4.90 Å². The summed E-state index contributed by atoms with van der Waals surface area (Å²) in [6.45, 7) is 6.43. The summed E-state index contributed by atoms with van der Waals surface area (Å²) in [5.41, 5.74) is 5.62. The molecule has 0 amide bonds. The second kappa shape index (κ2) is 10.6. The lowest BCUT2D eigenvalue weighted by Crippen LogP contribution is -2.36. The maximum absolute atomic E-state index is 9.57. The first-order valence-corrected chi connectivity index (χ1v) is 12.1. The maximum Gasteiger partial charge on any atom is 0.227 e. The van der Waals surface area contributed by atoms with Crippen LogP contribution < -0.4 is 10.2 Å². The Kier molecular flexibility index (Phi) is 6.99. The van der Waals surface area contributed by atoms with Gasteiger partial charge in [0.1, 0.15) is 0 Å². The predicted molar refractivity (Wildman–Crippen MR) is 134 cm³/mol. The molecule has 1 N–H and O–H groups in total. The first-order valence-electron chi connectivity index (χ1n) is 12.1. The van der Waals surface area contributed by atoms with Crippen molar-refractivity contribution in [3.63, 3.8) is 0 Å². The molecule has 0 spiro atoms. The molecule has 2 aliphatic heterocycles. The molecule has 2 aromatic carbocycles. The number of anilines is 3. The fraction of sp³-hybridized carbons (Fsp3) is 0.370. The van der Waals surface area contributed by atoms with Gasteiger partial charge in [0, 0.05) is 42.8 Å². The second-order valence-corrected chi connectivity index (χ2v) is 8.90. The zero-order valence-corrected chi connectivity index (χ0v) is 19.4. The van der Waals surface area contributed by atoms with Gasteiger partial charge in [-0.25, -0.2) is 9.97 Å². The Hall–Kier alpha value is -3.47. The van der Waals surface area contributed by atoms with Crippen LogP contribution in [-0.4, -0.2) is 54.3 Å². The summed E-state index contributed by atoms with van der Waals surface area (Å²) < 4.78 is 5.47. The summed E-state index contributed by atoms with van der Waals surface area (Å²) in [6.07, 6.45) is 5.72. The molecule has 0 bridgehead atoms. The van der Waals surface area contributed by atoms with Crippen LogP contribution in [0.3, 0.4) is 0 Å². The van der Waals surface area contributed by atoms with Crippen LogP contribution in [0.2, 0.25) is 0 Å². The second-order valence-electron chi connectivity index (χ2n) is 8.90. The van der Waals surface area contributed by atoms with E-state index in [0.717, 1.165) is 42.3 Å². The Morgan fingerprint density at radius 2 is 1.74 bits per heavy atom. The van der Waals surface area contributed by atoms with E-state index < -0.39 is 0 Å². The Morgan fingerprint density at radius 3 is 2.50 bits per heavy atom. The van der Waals surface area contributed by atoms with Crippen LogP contribution in [0.5, 0.6) is 0 Å². The minimum absolute atomic E-state index is 0.538. The van der Waals surface area contributed by atoms with Crippen LogP contribution in [0.15, 0.2) is 54.7 Å². The summed E-state index contributed by atoms with van der Waals surface area (Å²) in [4.78, 5) is 13.9. The number of morpholine rings is 1. The molecule has 1 aromatic heterocycles. The van der Waals surface area contributed by atoms with Gasteiger partial charge in [0.2, 0.25) is 5.95 Å². The van der Waals surface area contributed by atoms with Gasteiger partial charge in [-0.1, -0.05) is 18.6 Å². The third-order valence-electron chi connectivity index (χ3n) is 6.44. The monoisotopic (exact) mass is 454 g/mol. The number of piperidine rings is 1. The number of hydrogen-bond acceptors (Lipinski definition) is 7. The van der Waals surface area contributed by atoms with E-state index in [-0.39, 0.29) is 0 Å². The number of likely N-dealkylation sites (tertiary alicyclic amines) is 1. The molecular weight excluding hydrogens is 424 g/mol. The number of nitriles is 1. The van der Waals surface area contributed by atoms with Gasteiger partial charge in [0.15, 0.2) is 0 Å². The SMILES string of the molecule is N#Cc1cc(-c2ccnc(Nc3ccc(CN4CCCCC4)cc3)n2)cc(N2CCOCC2)c1. The Morgan fingerprint density at radius 1 is 0.941 bits per heavy atom. The number of nitrogens with one attached hydrogen (secondary N) is 1. The van der Waals surface area contributed by atoms with Crippen molar-refractivity contribution in [1.82, 2.24) is 14.9 Å². The van der Waals surface area contributed by atoms with Crippen LogP contribution in [-0.2, 0) is 11.3 Å². The fourth-order valence-corrected chi connectivity index (χ4v) is 4.61. The van der Waals surface area contributed by atoms with E-state index >= 15 is 0 Å². The highest BCUT2D eigenvalue weighted by Crippen LogP contribution is 2.27. The van der Waals surface area contributed by atoms with Crippen LogP contribution in [0.4, 0.5) is 17.3 Å². The van der Waals surface area contributed by atoms with E-state index in [1.54, 1.807) is 6.20 Å². The number of aromatic nitrogens is 2. The van der Waals surface area contributed by atoms with E-state index in [4.69, 9.17) is 9.72 Å². The first kappa shape index (κ1) is 22.3. The number of rotatable bonds is 6. The third-order valence-corrected chi connectivity index (χ3v) is 6.44. The molecule has 3 heterocycles. The Labute approximate surface area is 201 Å². The molecule has 2 saturated heterocycles. The smallest absolute Gasteiger partial charge is 0.227 e. The molecular formula is C27H30N6O. The van der Waals surface area contributed by atoms with Gasteiger partial charge in [-0.05, 0) is 67.9 Å². The molecule has 5 rings (SSSR count). The lowest BCUT2D eigenvalue weighted by Gasteiger charge is -2.29. The van der Waals surface area contributed by atoms with Crippen LogP contribution in [0, 0.1) is 11.3 Å². The van der Waals surface area contributed by atoms with Crippen LogP contribution >= 0.6 is 0 Å². The van der Waals surface area contributed by atoms with E-state index in [2.05, 4.69) is 56.5 Å². The van der Waals surface area contributed by atoms with Gasteiger partial charge >= 0.3 is 0 Å². The highest BCUT2D eigenvalue weighted by Gasteiger charge is 2.15. The minimum atomic E-state index is 0.538. The predicted octanol–water partition coefficient (Wildman–Crippen LogP) is 4.58. The van der Waals surface area contributed by atoms with Crippen molar-refractivity contribution < 1.29 is 4.74 Å². The molecule has 0 aliphatic carbocycles. The topological polar surface area (TPSA) is 77.3 Å². The van der Waals surface area contributed by atoms with Gasteiger partial charge in [0.25, 0.3) is 0 Å². The average Bonchev–Trinajstić information content (AvgIpc) is 2.91. The van der Waals surface area contributed by atoms with Gasteiger partial charge in [0.05, 0.1) is 30.5 Å². The van der Waals surface area contributed by atoms with Gasteiger partial charge < -0.3 is 15.0 Å². The number of benzene rings is 2. The number of hydrogen-bond donors (Lipinski definition) is 1. The lowest BCUT2D eigenvalue weighted by atomic mass is 10.1. The zero-order chi connectivity index (χ0) is 23.2. The van der Waals surface area contributed by atoms with E-state index in [1.165, 1.54) is 37.9 Å². The van der Waals surface area contributed by atoms with Crippen LogP contribution in [0.1, 0.15) is 30.4 Å². The average molecular weight is 455 g/mol. The van der Waals surface area contributed by atoms with Crippen molar-refractivity contribution in [1.29, 1.82) is 5.26 Å². The molecule has 34 heavy (non-hydrogen) atoms. The highest BCUT2D eigenvalue weighted by molar-refractivity contribution is 5.70. The molecule has 7 heteroatoms. The summed E-state index contributed by atoms with van der Waals surface area (Å²) in [5.74, 6) is 0.538. The third kappa shape index (κ3) is 5.53. The summed E-state index contributed by atoms with van der Waals surface area (Å²) in [5, 5.41) is 12.9. The lowest BCUT2D eigenvalue weighted by molar-refractivity contribution is 0.122. The summed E-state index contributed by atoms with van der Waals surface area (Å²) in [6, 6.07) is 18.6.